The molecule has 0 aromatic heterocycles. The Hall–Kier alpha value is -2.60. The van der Waals surface area contributed by atoms with Crippen LogP contribution in [0.3, 0.4) is 0 Å². The fourth-order valence-electron chi connectivity index (χ4n) is 2.46. The van der Waals surface area contributed by atoms with Crippen molar-refractivity contribution < 1.29 is 0 Å². The van der Waals surface area contributed by atoms with Gasteiger partial charge in [0.2, 0.25) is 0 Å². The Morgan fingerprint density at radius 1 is 1.11 bits per heavy atom. The van der Waals surface area contributed by atoms with Crippen molar-refractivity contribution >= 4 is 11.5 Å². The average molecular weight is 247 g/mol. The molecule has 0 saturated heterocycles. The molecule has 3 heteroatoms. The fourth-order valence-corrected chi connectivity index (χ4v) is 2.46. The maximum Gasteiger partial charge on any atom is 0.148 e. The number of rotatable bonds is 1. The third kappa shape index (κ3) is 1.69. The molecule has 0 bridgehead atoms. The lowest BCUT2D eigenvalue weighted by molar-refractivity contribution is 0.919. The van der Waals surface area contributed by atoms with Gasteiger partial charge in [0.1, 0.15) is 11.9 Å². The predicted octanol–water partition coefficient (Wildman–Crippen LogP) is 3.41. The molecule has 1 aliphatic heterocycles. The van der Waals surface area contributed by atoms with Crippen molar-refractivity contribution in [1.82, 2.24) is 0 Å². The molecule has 0 radical (unpaired) electrons. The lowest BCUT2D eigenvalue weighted by atomic mass is 10.1. The summed E-state index contributed by atoms with van der Waals surface area (Å²) in [5.74, 6) is 0.394. The summed E-state index contributed by atoms with van der Waals surface area (Å²) in [6, 6.07) is 17.4. The Kier molecular flexibility index (Phi) is 2.57. The Morgan fingerprint density at radius 3 is 2.47 bits per heavy atom. The van der Waals surface area contributed by atoms with Gasteiger partial charge < -0.3 is 4.90 Å². The zero-order chi connectivity index (χ0) is 13.4. The molecule has 1 atom stereocenters. The lowest BCUT2D eigenvalue weighted by Crippen LogP contribution is -2.26. The summed E-state index contributed by atoms with van der Waals surface area (Å²) < 4.78 is 0. The summed E-state index contributed by atoms with van der Waals surface area (Å²) in [5.41, 5.74) is 3.81. The molecule has 19 heavy (non-hydrogen) atoms. The van der Waals surface area contributed by atoms with Crippen LogP contribution in [0.25, 0.3) is 0 Å². The smallest absolute Gasteiger partial charge is 0.148 e. The average Bonchev–Trinajstić information content (AvgIpc) is 2.73. The number of nitrogens with one attached hydrogen (secondary N) is 1. The highest BCUT2D eigenvalue weighted by molar-refractivity contribution is 6.13. The summed E-state index contributed by atoms with van der Waals surface area (Å²) in [6.45, 7) is 2.02. The molecule has 0 amide bonds. The highest BCUT2D eigenvalue weighted by Crippen LogP contribution is 2.36. The molecule has 92 valence electrons. The van der Waals surface area contributed by atoms with Gasteiger partial charge in [0.25, 0.3) is 0 Å². The van der Waals surface area contributed by atoms with Crippen LogP contribution >= 0.6 is 0 Å². The summed E-state index contributed by atoms with van der Waals surface area (Å²) in [5, 5.41) is 17.7. The van der Waals surface area contributed by atoms with Crippen LogP contribution in [-0.2, 0) is 0 Å². The van der Waals surface area contributed by atoms with Crippen molar-refractivity contribution in [2.24, 2.45) is 0 Å². The second-order valence-electron chi connectivity index (χ2n) is 4.67. The molecular formula is C16H13N3. The third-order valence-corrected chi connectivity index (χ3v) is 3.44. The number of hydrogen-bond donors (Lipinski definition) is 1. The van der Waals surface area contributed by atoms with Gasteiger partial charge in [0, 0.05) is 16.8 Å². The molecule has 1 N–H and O–H groups in total. The molecule has 0 saturated carbocycles. The van der Waals surface area contributed by atoms with Crippen molar-refractivity contribution in [3.8, 4) is 6.07 Å². The van der Waals surface area contributed by atoms with Gasteiger partial charge in [-0.15, -0.1) is 0 Å². The molecule has 2 aromatic rings. The zero-order valence-corrected chi connectivity index (χ0v) is 10.6. The minimum atomic E-state index is -0.411. The highest BCUT2D eigenvalue weighted by Gasteiger charge is 2.34. The van der Waals surface area contributed by atoms with Crippen LogP contribution in [0.2, 0.25) is 0 Å². The van der Waals surface area contributed by atoms with Gasteiger partial charge in [-0.25, -0.2) is 0 Å². The Labute approximate surface area is 112 Å². The SMILES string of the molecule is Cc1ccc(N2C(=N)c3ccccc3[C@H]2C#N)cc1. The number of anilines is 1. The molecule has 0 aliphatic carbocycles. The first kappa shape index (κ1) is 11.5. The minimum Gasteiger partial charge on any atom is -0.306 e. The highest BCUT2D eigenvalue weighted by atomic mass is 15.2. The van der Waals surface area contributed by atoms with Gasteiger partial charge in [-0.2, -0.15) is 5.26 Å². The van der Waals surface area contributed by atoms with E-state index >= 15 is 0 Å². The van der Waals surface area contributed by atoms with E-state index in [0.717, 1.165) is 16.8 Å². The molecule has 1 heterocycles. The van der Waals surface area contributed by atoms with Gasteiger partial charge in [-0.05, 0) is 19.1 Å². The Bertz CT molecular complexity index is 680. The standard InChI is InChI=1S/C16H13N3/c1-11-6-8-12(9-7-11)19-15(10-17)13-4-2-3-5-14(13)16(19)18/h2-9,15,18H,1H3/t15-/m1/s1. The molecule has 3 rings (SSSR count). The van der Waals surface area contributed by atoms with E-state index in [1.165, 1.54) is 5.56 Å². The fraction of sp³-hybridized carbons (Fsp3) is 0.125. The monoisotopic (exact) mass is 247 g/mol. The van der Waals surface area contributed by atoms with E-state index < -0.39 is 6.04 Å². The van der Waals surface area contributed by atoms with Gasteiger partial charge in [-0.3, -0.25) is 5.41 Å². The predicted molar refractivity (Wildman–Crippen MR) is 75.3 cm³/mol. The summed E-state index contributed by atoms with van der Waals surface area (Å²) in [6.07, 6.45) is 0. The molecule has 3 nitrogen and oxygen atoms in total. The summed E-state index contributed by atoms with van der Waals surface area (Å²) in [4.78, 5) is 1.78. The number of aryl methyl sites for hydroxylation is 1. The third-order valence-electron chi connectivity index (χ3n) is 3.44. The summed E-state index contributed by atoms with van der Waals surface area (Å²) >= 11 is 0. The van der Waals surface area contributed by atoms with E-state index in [0.29, 0.717) is 5.84 Å². The molecule has 0 spiro atoms. The van der Waals surface area contributed by atoms with Crippen LogP contribution < -0.4 is 4.90 Å². The van der Waals surface area contributed by atoms with Crippen molar-refractivity contribution in [2.45, 2.75) is 13.0 Å². The lowest BCUT2D eigenvalue weighted by Gasteiger charge is -2.22. The molecule has 0 fully saturated rings. The molecular weight excluding hydrogens is 234 g/mol. The summed E-state index contributed by atoms with van der Waals surface area (Å²) in [7, 11) is 0. The topological polar surface area (TPSA) is 50.9 Å². The molecule has 0 unspecified atom stereocenters. The van der Waals surface area contributed by atoms with Gasteiger partial charge in [0.05, 0.1) is 6.07 Å². The van der Waals surface area contributed by atoms with E-state index in [1.54, 1.807) is 4.90 Å². The van der Waals surface area contributed by atoms with Crippen molar-refractivity contribution in [3.63, 3.8) is 0 Å². The second kappa shape index (κ2) is 4.25. The van der Waals surface area contributed by atoms with E-state index in [4.69, 9.17) is 5.41 Å². The van der Waals surface area contributed by atoms with Crippen molar-refractivity contribution in [3.05, 3.63) is 65.2 Å². The van der Waals surface area contributed by atoms with E-state index in [9.17, 15) is 5.26 Å². The largest absolute Gasteiger partial charge is 0.306 e. The quantitative estimate of drug-likeness (QED) is 0.839. The first-order valence-corrected chi connectivity index (χ1v) is 6.16. The molecule has 2 aromatic carbocycles. The zero-order valence-electron chi connectivity index (χ0n) is 10.6. The second-order valence-corrected chi connectivity index (χ2v) is 4.67. The van der Waals surface area contributed by atoms with Crippen molar-refractivity contribution in [1.29, 1.82) is 10.7 Å². The Morgan fingerprint density at radius 2 is 1.79 bits per heavy atom. The van der Waals surface area contributed by atoms with E-state index in [2.05, 4.69) is 6.07 Å². The number of amidine groups is 1. The van der Waals surface area contributed by atoms with Crippen LogP contribution in [-0.4, -0.2) is 5.84 Å². The van der Waals surface area contributed by atoms with Crippen LogP contribution in [0.4, 0.5) is 5.69 Å². The van der Waals surface area contributed by atoms with Gasteiger partial charge in [-0.1, -0.05) is 42.0 Å². The van der Waals surface area contributed by atoms with Gasteiger partial charge >= 0.3 is 0 Å². The minimum absolute atomic E-state index is 0.394. The molecule has 1 aliphatic rings. The normalized spacial score (nSPS) is 17.2. The first-order valence-electron chi connectivity index (χ1n) is 6.16. The Balaban J connectivity index is 2.12. The first-order chi connectivity index (χ1) is 9.22. The van der Waals surface area contributed by atoms with Crippen LogP contribution in [0.5, 0.6) is 0 Å². The number of nitriles is 1. The maximum atomic E-state index is 9.43. The van der Waals surface area contributed by atoms with Crippen LogP contribution in [0.15, 0.2) is 48.5 Å². The number of hydrogen-bond acceptors (Lipinski definition) is 2. The van der Waals surface area contributed by atoms with Crippen molar-refractivity contribution in [2.75, 3.05) is 4.90 Å². The number of nitrogens with zero attached hydrogens (tertiary/aromatic N) is 2. The van der Waals surface area contributed by atoms with E-state index in [1.807, 2.05) is 55.5 Å². The van der Waals surface area contributed by atoms with Gasteiger partial charge in [0.15, 0.2) is 0 Å². The van der Waals surface area contributed by atoms with Crippen LogP contribution in [0, 0.1) is 23.7 Å². The maximum absolute atomic E-state index is 9.43. The van der Waals surface area contributed by atoms with E-state index in [-0.39, 0.29) is 0 Å². The number of benzene rings is 2. The van der Waals surface area contributed by atoms with Crippen LogP contribution in [0.1, 0.15) is 22.7 Å². The number of fused-ring (bicyclic) bond motifs is 1.